The van der Waals surface area contributed by atoms with Gasteiger partial charge in [-0.3, -0.25) is 4.90 Å². The fourth-order valence-electron chi connectivity index (χ4n) is 4.48. The fraction of sp³-hybridized carbons (Fsp3) is 0.458. The highest BCUT2D eigenvalue weighted by atomic mass is 79.9. The van der Waals surface area contributed by atoms with Crippen molar-refractivity contribution in [3.05, 3.63) is 57.5 Å². The van der Waals surface area contributed by atoms with Gasteiger partial charge in [0.2, 0.25) is 0 Å². The molecule has 0 aromatic heterocycles. The number of anilines is 1. The number of nitrogens with zero attached hydrogens (tertiary/aromatic N) is 2. The van der Waals surface area contributed by atoms with Crippen LogP contribution in [0.25, 0.3) is 0 Å². The molecular weight excluding hydrogens is 480 g/mol. The van der Waals surface area contributed by atoms with E-state index in [1.54, 1.807) is 12.0 Å². The van der Waals surface area contributed by atoms with E-state index in [1.165, 1.54) is 18.4 Å². The summed E-state index contributed by atoms with van der Waals surface area (Å²) in [4.78, 5) is 16.5. The van der Waals surface area contributed by atoms with Gasteiger partial charge in [-0.1, -0.05) is 27.5 Å². The molecule has 0 saturated carbocycles. The van der Waals surface area contributed by atoms with Gasteiger partial charge in [0.05, 0.1) is 13.7 Å². The number of hydrogen-bond acceptors (Lipinski definition) is 4. The average molecular weight is 508 g/mol. The number of cyclic esters (lactones) is 1. The minimum atomic E-state index is -0.271. The highest BCUT2D eigenvalue weighted by Gasteiger charge is 2.30. The van der Waals surface area contributed by atoms with Crippen molar-refractivity contribution < 1.29 is 14.3 Å². The van der Waals surface area contributed by atoms with Crippen LogP contribution in [0.2, 0.25) is 5.02 Å². The maximum Gasteiger partial charge on any atom is 0.414 e. The molecule has 0 spiro atoms. The number of carbonyl (C=O) groups is 1. The van der Waals surface area contributed by atoms with E-state index >= 15 is 0 Å². The maximum atomic E-state index is 12.3. The first-order valence-corrected chi connectivity index (χ1v) is 11.9. The molecule has 7 heteroatoms. The third-order valence-electron chi connectivity index (χ3n) is 6.23. The van der Waals surface area contributed by atoms with Crippen LogP contribution in [0.1, 0.15) is 18.4 Å². The highest BCUT2D eigenvalue weighted by Crippen LogP contribution is 2.29. The van der Waals surface area contributed by atoms with E-state index in [-0.39, 0.29) is 6.09 Å². The molecule has 2 fully saturated rings. The van der Waals surface area contributed by atoms with Crippen LogP contribution in [-0.4, -0.2) is 50.9 Å². The third kappa shape index (κ3) is 5.73. The van der Waals surface area contributed by atoms with E-state index in [0.29, 0.717) is 25.0 Å². The van der Waals surface area contributed by atoms with E-state index in [2.05, 4.69) is 26.9 Å². The zero-order chi connectivity index (χ0) is 21.8. The van der Waals surface area contributed by atoms with E-state index in [9.17, 15) is 4.79 Å². The van der Waals surface area contributed by atoms with Crippen LogP contribution in [-0.2, 0) is 11.2 Å². The van der Waals surface area contributed by atoms with Crippen molar-refractivity contribution in [2.75, 3.05) is 44.8 Å². The number of methoxy groups -OCH3 is 1. The predicted octanol–water partition coefficient (Wildman–Crippen LogP) is 5.64. The van der Waals surface area contributed by atoms with Gasteiger partial charge in [0, 0.05) is 34.2 Å². The van der Waals surface area contributed by atoms with E-state index in [4.69, 9.17) is 21.1 Å². The number of carbonyl (C=O) groups excluding carboxylic acids is 1. The van der Waals surface area contributed by atoms with Gasteiger partial charge in [0.25, 0.3) is 0 Å². The smallest absolute Gasteiger partial charge is 0.414 e. The molecule has 2 heterocycles. The Bertz CT molecular complexity index is 900. The quantitative estimate of drug-likeness (QED) is 0.507. The molecule has 2 aliphatic rings. The lowest BCUT2D eigenvalue weighted by molar-refractivity contribution is 0.0870. The normalized spacial score (nSPS) is 20.5. The number of rotatable bonds is 6. The molecule has 1 unspecified atom stereocenters. The van der Waals surface area contributed by atoms with E-state index in [1.807, 2.05) is 36.4 Å². The molecule has 0 N–H and O–H groups in total. The molecule has 2 aromatic carbocycles. The SMILES string of the molecule is COc1ccc(N2CC(CN3CCC(Cc4cc(Cl)ccc4Br)CC3)COC2=O)cc1. The molecular formula is C24H28BrClN2O3. The summed E-state index contributed by atoms with van der Waals surface area (Å²) >= 11 is 9.82. The Labute approximate surface area is 197 Å². The highest BCUT2D eigenvalue weighted by molar-refractivity contribution is 9.10. The van der Waals surface area contributed by atoms with Gasteiger partial charge in [-0.2, -0.15) is 0 Å². The molecule has 31 heavy (non-hydrogen) atoms. The zero-order valence-corrected chi connectivity index (χ0v) is 20.1. The molecule has 1 amide bonds. The second-order valence-electron chi connectivity index (χ2n) is 8.44. The summed E-state index contributed by atoms with van der Waals surface area (Å²) < 4.78 is 11.8. The molecule has 1 atom stereocenters. The van der Waals surface area contributed by atoms with Crippen LogP contribution in [0.5, 0.6) is 5.75 Å². The molecule has 2 aliphatic heterocycles. The number of halogens is 2. The standard InChI is InChI=1S/C24H28BrClN2O3/c1-30-22-5-3-21(4-6-22)28-15-18(16-31-24(28)29)14-27-10-8-17(9-11-27)12-19-13-20(26)2-7-23(19)25/h2-7,13,17-18H,8-12,14-16H2,1H3. The van der Waals surface area contributed by atoms with Crippen molar-refractivity contribution in [3.63, 3.8) is 0 Å². The number of ether oxygens (including phenoxy) is 2. The second-order valence-corrected chi connectivity index (χ2v) is 9.73. The lowest BCUT2D eigenvalue weighted by Gasteiger charge is -2.38. The van der Waals surface area contributed by atoms with E-state index in [0.717, 1.165) is 47.0 Å². The Morgan fingerprint density at radius 1 is 1.13 bits per heavy atom. The molecule has 166 valence electrons. The number of likely N-dealkylation sites (tertiary alicyclic amines) is 1. The predicted molar refractivity (Wildman–Crippen MR) is 127 cm³/mol. The molecule has 2 saturated heterocycles. The zero-order valence-electron chi connectivity index (χ0n) is 17.7. The largest absolute Gasteiger partial charge is 0.497 e. The average Bonchev–Trinajstić information content (AvgIpc) is 2.79. The summed E-state index contributed by atoms with van der Waals surface area (Å²) in [5, 5.41) is 0.795. The summed E-state index contributed by atoms with van der Waals surface area (Å²) in [5.41, 5.74) is 2.14. The van der Waals surface area contributed by atoms with Crippen LogP contribution < -0.4 is 9.64 Å². The lowest BCUT2D eigenvalue weighted by atomic mass is 9.89. The summed E-state index contributed by atoms with van der Waals surface area (Å²) in [6.07, 6.45) is 3.13. The topological polar surface area (TPSA) is 42.0 Å². The number of hydrogen-bond donors (Lipinski definition) is 0. The Hall–Kier alpha value is -1.76. The summed E-state index contributed by atoms with van der Waals surface area (Å²) in [6.45, 7) is 4.28. The first-order valence-electron chi connectivity index (χ1n) is 10.8. The Balaban J connectivity index is 1.29. The molecule has 0 bridgehead atoms. The number of benzene rings is 2. The summed E-state index contributed by atoms with van der Waals surface area (Å²) in [5.74, 6) is 1.75. The fourth-order valence-corrected chi connectivity index (χ4v) is 5.09. The molecule has 0 radical (unpaired) electrons. The van der Waals surface area contributed by atoms with Gasteiger partial charge >= 0.3 is 6.09 Å². The Morgan fingerprint density at radius 3 is 2.58 bits per heavy atom. The first kappa shape index (κ1) is 22.4. The van der Waals surface area contributed by atoms with Crippen molar-refractivity contribution in [2.24, 2.45) is 11.8 Å². The van der Waals surface area contributed by atoms with Gasteiger partial charge in [-0.25, -0.2) is 4.79 Å². The van der Waals surface area contributed by atoms with Crippen LogP contribution in [0.15, 0.2) is 46.9 Å². The van der Waals surface area contributed by atoms with Crippen LogP contribution in [0.4, 0.5) is 10.5 Å². The first-order chi connectivity index (χ1) is 15.0. The minimum absolute atomic E-state index is 0.271. The third-order valence-corrected chi connectivity index (χ3v) is 7.24. The minimum Gasteiger partial charge on any atom is -0.497 e. The molecule has 4 rings (SSSR count). The number of piperidine rings is 1. The summed E-state index contributed by atoms with van der Waals surface area (Å²) in [6, 6.07) is 13.6. The van der Waals surface area contributed by atoms with Crippen LogP contribution >= 0.6 is 27.5 Å². The van der Waals surface area contributed by atoms with Gasteiger partial charge < -0.3 is 14.4 Å². The monoisotopic (exact) mass is 506 g/mol. The Kier molecular flexibility index (Phi) is 7.41. The van der Waals surface area contributed by atoms with Gasteiger partial charge in [0.1, 0.15) is 5.75 Å². The number of amides is 1. The van der Waals surface area contributed by atoms with Gasteiger partial charge in [-0.15, -0.1) is 0 Å². The Morgan fingerprint density at radius 2 is 1.87 bits per heavy atom. The second kappa shape index (κ2) is 10.2. The van der Waals surface area contributed by atoms with Crippen LogP contribution in [0.3, 0.4) is 0 Å². The van der Waals surface area contributed by atoms with Crippen molar-refractivity contribution >= 4 is 39.3 Å². The van der Waals surface area contributed by atoms with Crippen molar-refractivity contribution in [1.82, 2.24) is 4.90 Å². The van der Waals surface area contributed by atoms with E-state index < -0.39 is 0 Å². The van der Waals surface area contributed by atoms with Crippen molar-refractivity contribution in [3.8, 4) is 5.75 Å². The maximum absolute atomic E-state index is 12.3. The summed E-state index contributed by atoms with van der Waals surface area (Å²) in [7, 11) is 1.64. The van der Waals surface area contributed by atoms with Crippen molar-refractivity contribution in [2.45, 2.75) is 19.3 Å². The molecule has 2 aromatic rings. The van der Waals surface area contributed by atoms with Crippen LogP contribution in [0, 0.1) is 11.8 Å². The van der Waals surface area contributed by atoms with Gasteiger partial charge in [0.15, 0.2) is 0 Å². The molecule has 5 nitrogen and oxygen atoms in total. The van der Waals surface area contributed by atoms with Gasteiger partial charge in [-0.05, 0) is 86.3 Å². The van der Waals surface area contributed by atoms with Crippen molar-refractivity contribution in [1.29, 1.82) is 0 Å². The molecule has 0 aliphatic carbocycles. The lowest BCUT2D eigenvalue weighted by Crippen LogP contribution is -2.48.